The predicted molar refractivity (Wildman–Crippen MR) is 153 cm³/mol. The first-order valence-electron chi connectivity index (χ1n) is 13.6. The van der Waals surface area contributed by atoms with Crippen LogP contribution in [0.3, 0.4) is 0 Å². The highest BCUT2D eigenvalue weighted by Gasteiger charge is 2.51. The summed E-state index contributed by atoms with van der Waals surface area (Å²) in [6, 6.07) is 18.1. The maximum Gasteiger partial charge on any atom is 0.303 e. The highest BCUT2D eigenvalue weighted by atomic mass is 35.5. The number of hydrogen-bond donors (Lipinski definition) is 0. The maximum absolute atomic E-state index is 12.2. The summed E-state index contributed by atoms with van der Waals surface area (Å²) in [6.45, 7) is 4.03. The molecule has 0 saturated carbocycles. The minimum Gasteiger partial charge on any atom is -0.463 e. The predicted octanol–water partition coefficient (Wildman–Crippen LogP) is 3.91. The smallest absolute Gasteiger partial charge is 0.303 e. The van der Waals surface area contributed by atoms with Crippen molar-refractivity contribution in [1.29, 1.82) is 0 Å². The number of carbonyl (C=O) groups is 3. The average Bonchev–Trinajstić information content (AvgIpc) is 3.65. The molecule has 0 bridgehead atoms. The van der Waals surface area contributed by atoms with Crippen LogP contribution in [0, 0.1) is 0 Å². The minimum atomic E-state index is -1.11. The SMILES string of the molecule is CC(=O)OC[C@H]1O[C@@H](n2cnc3c(N4Cc5ccccc5C4c4ccccc4)nc(Cl)nc32)[C@H](OC(C)=O)[C@@H]1OC(C)=O. The van der Waals surface area contributed by atoms with E-state index in [9.17, 15) is 14.4 Å². The van der Waals surface area contributed by atoms with Crippen molar-refractivity contribution in [2.75, 3.05) is 11.5 Å². The molecule has 0 amide bonds. The number of rotatable bonds is 7. The van der Waals surface area contributed by atoms with Gasteiger partial charge in [-0.05, 0) is 28.3 Å². The van der Waals surface area contributed by atoms with E-state index in [0.29, 0.717) is 23.5 Å². The zero-order valence-corrected chi connectivity index (χ0v) is 24.3. The molecule has 4 aromatic rings. The molecule has 43 heavy (non-hydrogen) atoms. The van der Waals surface area contributed by atoms with Crippen molar-refractivity contribution in [1.82, 2.24) is 19.5 Å². The Labute approximate surface area is 251 Å². The molecule has 1 fully saturated rings. The Balaban J connectivity index is 1.44. The van der Waals surface area contributed by atoms with E-state index in [0.717, 1.165) is 16.7 Å². The molecule has 2 aliphatic heterocycles. The molecule has 5 atom stereocenters. The van der Waals surface area contributed by atoms with Crippen LogP contribution in [0.4, 0.5) is 5.82 Å². The van der Waals surface area contributed by atoms with Crippen molar-refractivity contribution >= 4 is 46.5 Å². The summed E-state index contributed by atoms with van der Waals surface area (Å²) >= 11 is 6.53. The first-order valence-corrected chi connectivity index (χ1v) is 14.0. The molecule has 1 saturated heterocycles. The number of halogens is 1. The third kappa shape index (κ3) is 5.51. The van der Waals surface area contributed by atoms with Crippen LogP contribution in [0.15, 0.2) is 60.9 Å². The van der Waals surface area contributed by atoms with Gasteiger partial charge in [-0.2, -0.15) is 9.97 Å². The molecule has 2 aromatic heterocycles. The second kappa shape index (κ2) is 11.6. The molecule has 6 rings (SSSR count). The van der Waals surface area contributed by atoms with E-state index in [4.69, 9.17) is 30.5 Å². The monoisotopic (exact) mass is 605 g/mol. The summed E-state index contributed by atoms with van der Waals surface area (Å²) in [5.74, 6) is -1.28. The van der Waals surface area contributed by atoms with Gasteiger partial charge in [-0.15, -0.1) is 0 Å². The number of carbonyl (C=O) groups excluding carboxylic acids is 3. The summed E-state index contributed by atoms with van der Waals surface area (Å²) in [7, 11) is 0. The lowest BCUT2D eigenvalue weighted by molar-refractivity contribution is -0.166. The largest absolute Gasteiger partial charge is 0.463 e. The number of imidazole rings is 1. The van der Waals surface area contributed by atoms with Crippen molar-refractivity contribution in [3.8, 4) is 0 Å². The van der Waals surface area contributed by atoms with Gasteiger partial charge in [0, 0.05) is 27.3 Å². The Hall–Kier alpha value is -4.55. The van der Waals surface area contributed by atoms with Gasteiger partial charge in [0.2, 0.25) is 5.28 Å². The third-order valence-corrected chi connectivity index (χ3v) is 7.55. The minimum absolute atomic E-state index is 0.0259. The van der Waals surface area contributed by atoms with Crippen molar-refractivity contribution in [2.45, 2.75) is 57.9 Å². The first-order chi connectivity index (χ1) is 20.7. The molecule has 2 aromatic carbocycles. The quantitative estimate of drug-likeness (QED) is 0.172. The molecule has 0 aliphatic carbocycles. The van der Waals surface area contributed by atoms with E-state index in [-0.39, 0.29) is 17.9 Å². The van der Waals surface area contributed by atoms with Gasteiger partial charge in [0.1, 0.15) is 12.7 Å². The second-order valence-corrected chi connectivity index (χ2v) is 10.6. The van der Waals surface area contributed by atoms with Crippen LogP contribution in [0.25, 0.3) is 11.2 Å². The normalized spacial score (nSPS) is 22.8. The Morgan fingerprint density at radius 1 is 0.930 bits per heavy atom. The average molecular weight is 606 g/mol. The zero-order chi connectivity index (χ0) is 30.2. The summed E-state index contributed by atoms with van der Waals surface area (Å²) in [5.41, 5.74) is 4.11. The molecule has 1 unspecified atom stereocenters. The summed E-state index contributed by atoms with van der Waals surface area (Å²) in [4.78, 5) is 51.6. The lowest BCUT2D eigenvalue weighted by Gasteiger charge is -2.27. The zero-order valence-electron chi connectivity index (χ0n) is 23.5. The number of esters is 3. The van der Waals surface area contributed by atoms with E-state index < -0.39 is 42.4 Å². The third-order valence-electron chi connectivity index (χ3n) is 7.38. The van der Waals surface area contributed by atoms with Crippen molar-refractivity contribution in [3.05, 3.63) is 82.9 Å². The highest BCUT2D eigenvalue weighted by Crippen LogP contribution is 2.44. The number of anilines is 1. The van der Waals surface area contributed by atoms with E-state index >= 15 is 0 Å². The van der Waals surface area contributed by atoms with Crippen molar-refractivity contribution in [3.63, 3.8) is 0 Å². The molecule has 2 aliphatic rings. The Kier molecular flexibility index (Phi) is 7.72. The van der Waals surface area contributed by atoms with Gasteiger partial charge in [-0.25, -0.2) is 4.98 Å². The van der Waals surface area contributed by atoms with Crippen LogP contribution < -0.4 is 4.90 Å². The van der Waals surface area contributed by atoms with Gasteiger partial charge in [-0.3, -0.25) is 19.0 Å². The van der Waals surface area contributed by atoms with Crippen LogP contribution in [-0.4, -0.2) is 62.3 Å². The number of benzene rings is 2. The van der Waals surface area contributed by atoms with Gasteiger partial charge in [0.05, 0.1) is 12.4 Å². The Morgan fingerprint density at radius 3 is 2.35 bits per heavy atom. The first kappa shape index (κ1) is 28.6. The fourth-order valence-corrected chi connectivity index (χ4v) is 5.92. The van der Waals surface area contributed by atoms with Crippen LogP contribution >= 0.6 is 11.6 Å². The van der Waals surface area contributed by atoms with Crippen LogP contribution in [0.2, 0.25) is 5.28 Å². The lowest BCUT2D eigenvalue weighted by Crippen LogP contribution is -2.40. The van der Waals surface area contributed by atoms with Crippen LogP contribution in [0.1, 0.15) is 49.7 Å². The van der Waals surface area contributed by atoms with Crippen LogP contribution in [-0.2, 0) is 39.9 Å². The summed E-state index contributed by atoms with van der Waals surface area (Å²) in [5, 5.41) is -0.0259. The molecular weight excluding hydrogens is 578 g/mol. The Bertz CT molecular complexity index is 1700. The van der Waals surface area contributed by atoms with Crippen molar-refractivity contribution in [2.24, 2.45) is 0 Å². The van der Waals surface area contributed by atoms with E-state index in [1.165, 1.54) is 27.1 Å². The second-order valence-electron chi connectivity index (χ2n) is 10.3. The fraction of sp³-hybridized carbons (Fsp3) is 0.333. The number of fused-ring (bicyclic) bond motifs is 2. The van der Waals surface area contributed by atoms with Crippen molar-refractivity contribution < 1.29 is 33.3 Å². The van der Waals surface area contributed by atoms with E-state index in [1.807, 2.05) is 30.3 Å². The highest BCUT2D eigenvalue weighted by molar-refractivity contribution is 6.28. The van der Waals surface area contributed by atoms with Gasteiger partial charge in [0.25, 0.3) is 0 Å². The molecule has 0 N–H and O–H groups in total. The molecule has 13 heteroatoms. The number of hydrogen-bond acceptors (Lipinski definition) is 11. The molecule has 12 nitrogen and oxygen atoms in total. The van der Waals surface area contributed by atoms with Gasteiger partial charge < -0.3 is 23.8 Å². The molecular formula is C30H28ClN5O7. The number of nitrogens with zero attached hydrogens (tertiary/aromatic N) is 5. The topological polar surface area (TPSA) is 135 Å². The summed E-state index contributed by atoms with van der Waals surface area (Å²) in [6.07, 6.45) is -2.68. The fourth-order valence-electron chi connectivity index (χ4n) is 5.76. The number of aromatic nitrogens is 4. The standard InChI is InChI=1S/C30H28ClN5O7/c1-16(37)40-14-22-25(41-17(2)38)26(42-18(3)39)29(43-22)36-15-32-23-27(33-30(31)34-28(23)36)35-13-20-11-7-8-12-21(20)24(35)19-9-5-4-6-10-19/h4-12,15,22,24-26,29H,13-14H2,1-3H3/t22-,24?,25-,26-,29-/m1/s1. The maximum atomic E-state index is 12.2. The Morgan fingerprint density at radius 2 is 1.63 bits per heavy atom. The molecule has 222 valence electrons. The van der Waals surface area contributed by atoms with Gasteiger partial charge >= 0.3 is 17.9 Å². The van der Waals surface area contributed by atoms with Gasteiger partial charge in [0.15, 0.2) is 35.4 Å². The molecule has 0 spiro atoms. The van der Waals surface area contributed by atoms with Gasteiger partial charge in [-0.1, -0.05) is 54.6 Å². The van der Waals surface area contributed by atoms with Crippen LogP contribution in [0.5, 0.6) is 0 Å². The number of ether oxygens (including phenoxy) is 4. The molecule has 0 radical (unpaired) electrons. The van der Waals surface area contributed by atoms with E-state index in [2.05, 4.69) is 44.1 Å². The van der Waals surface area contributed by atoms with E-state index in [1.54, 1.807) is 4.57 Å². The summed E-state index contributed by atoms with van der Waals surface area (Å²) < 4.78 is 24.0. The lowest BCUT2D eigenvalue weighted by atomic mass is 9.98. The molecule has 4 heterocycles.